The van der Waals surface area contributed by atoms with Gasteiger partial charge in [0.05, 0.1) is 30.0 Å². The molecule has 1 saturated carbocycles. The molecule has 0 unspecified atom stereocenters. The van der Waals surface area contributed by atoms with Gasteiger partial charge in [0.1, 0.15) is 17.7 Å². The Labute approximate surface area is 181 Å². The van der Waals surface area contributed by atoms with E-state index in [2.05, 4.69) is 20.3 Å². The topological polar surface area (TPSA) is 101 Å². The Morgan fingerprint density at radius 2 is 2.03 bits per heavy atom. The van der Waals surface area contributed by atoms with Crippen molar-refractivity contribution >= 4 is 11.7 Å². The van der Waals surface area contributed by atoms with Crippen LogP contribution in [-0.4, -0.2) is 27.5 Å². The third-order valence-corrected chi connectivity index (χ3v) is 5.65. The fourth-order valence-electron chi connectivity index (χ4n) is 3.81. The van der Waals surface area contributed by atoms with Crippen LogP contribution in [0.2, 0.25) is 0 Å². The van der Waals surface area contributed by atoms with Crippen molar-refractivity contribution in [3.8, 4) is 11.8 Å². The molecule has 2 aromatic heterocycles. The molecule has 2 heterocycles. The number of rotatable bonds is 7. The smallest absolute Gasteiger partial charge is 0.229 e. The minimum atomic E-state index is -0.423. The second-order valence-corrected chi connectivity index (χ2v) is 7.68. The normalized spacial score (nSPS) is 19.3. The molecule has 1 aromatic carbocycles. The number of aryl methyl sites for hydroxylation is 2. The second-order valence-electron chi connectivity index (χ2n) is 7.68. The number of anilines is 1. The molecule has 7 heteroatoms. The Kier molecular flexibility index (Phi) is 5.63. The van der Waals surface area contributed by atoms with Gasteiger partial charge in [-0.3, -0.25) is 4.79 Å². The van der Waals surface area contributed by atoms with Crippen molar-refractivity contribution in [2.24, 2.45) is 5.92 Å². The maximum Gasteiger partial charge on any atom is 0.229 e. The standard InChI is InChI=1S/C24H23N5O2/c1-3-20-21(14-26-16(2)28-20)31-15-24(18-7-5-4-6-8-18)11-19(24)23(30)29-22-10-9-17(12-25)13-27-22/h4-10,13-14,19H,3,11,15H2,1-2H3,(H,27,29,30)/t19-,24+/m0/s1. The van der Waals surface area contributed by atoms with Gasteiger partial charge in [-0.2, -0.15) is 5.26 Å². The Bertz CT molecular complexity index is 1120. The van der Waals surface area contributed by atoms with Gasteiger partial charge in [0.25, 0.3) is 0 Å². The van der Waals surface area contributed by atoms with Gasteiger partial charge in [-0.15, -0.1) is 0 Å². The first-order valence-corrected chi connectivity index (χ1v) is 10.2. The number of amides is 1. The predicted molar refractivity (Wildman–Crippen MR) is 115 cm³/mol. The zero-order valence-corrected chi connectivity index (χ0v) is 17.5. The molecule has 7 nitrogen and oxygen atoms in total. The first kappa shape index (κ1) is 20.5. The molecule has 0 bridgehead atoms. The first-order chi connectivity index (χ1) is 15.1. The molecule has 0 aliphatic heterocycles. The minimum absolute atomic E-state index is 0.111. The van der Waals surface area contributed by atoms with Gasteiger partial charge < -0.3 is 10.1 Å². The fraction of sp³-hybridized carbons (Fsp3) is 0.292. The van der Waals surface area contributed by atoms with Crippen LogP contribution in [0.4, 0.5) is 5.82 Å². The van der Waals surface area contributed by atoms with Crippen LogP contribution in [-0.2, 0) is 16.6 Å². The highest BCUT2D eigenvalue weighted by Crippen LogP contribution is 2.55. The molecule has 1 N–H and O–H groups in total. The molecule has 1 fully saturated rings. The lowest BCUT2D eigenvalue weighted by atomic mass is 9.93. The van der Waals surface area contributed by atoms with Gasteiger partial charge in [0, 0.05) is 11.6 Å². The Hall–Kier alpha value is -3.79. The quantitative estimate of drug-likeness (QED) is 0.635. The van der Waals surface area contributed by atoms with Crippen LogP contribution in [0.5, 0.6) is 5.75 Å². The first-order valence-electron chi connectivity index (χ1n) is 10.2. The number of carbonyl (C=O) groups excluding carboxylic acids is 1. The van der Waals surface area contributed by atoms with E-state index >= 15 is 0 Å². The lowest BCUT2D eigenvalue weighted by molar-refractivity contribution is -0.117. The highest BCUT2D eigenvalue weighted by Gasteiger charge is 2.60. The zero-order chi connectivity index (χ0) is 21.8. The summed E-state index contributed by atoms with van der Waals surface area (Å²) < 4.78 is 6.17. The molecule has 0 saturated heterocycles. The van der Waals surface area contributed by atoms with E-state index in [-0.39, 0.29) is 11.8 Å². The summed E-state index contributed by atoms with van der Waals surface area (Å²) in [6, 6.07) is 15.2. The Morgan fingerprint density at radius 1 is 1.23 bits per heavy atom. The molecule has 31 heavy (non-hydrogen) atoms. The van der Waals surface area contributed by atoms with Crippen LogP contribution >= 0.6 is 0 Å². The second kappa shape index (κ2) is 8.52. The number of ether oxygens (including phenoxy) is 1. The number of hydrogen-bond acceptors (Lipinski definition) is 6. The highest BCUT2D eigenvalue weighted by molar-refractivity contribution is 5.95. The van der Waals surface area contributed by atoms with Gasteiger partial charge in [0.2, 0.25) is 5.91 Å². The largest absolute Gasteiger partial charge is 0.489 e. The minimum Gasteiger partial charge on any atom is -0.489 e. The molecule has 4 rings (SSSR count). The van der Waals surface area contributed by atoms with Crippen LogP contribution in [0.15, 0.2) is 54.9 Å². The zero-order valence-electron chi connectivity index (χ0n) is 17.5. The monoisotopic (exact) mass is 413 g/mol. The van der Waals surface area contributed by atoms with E-state index in [1.165, 1.54) is 6.20 Å². The molecule has 0 radical (unpaired) electrons. The maximum atomic E-state index is 13.0. The van der Waals surface area contributed by atoms with Crippen LogP contribution in [0.3, 0.4) is 0 Å². The van der Waals surface area contributed by atoms with Crippen molar-refractivity contribution in [1.29, 1.82) is 5.26 Å². The number of carbonyl (C=O) groups is 1. The van der Waals surface area contributed by atoms with Crippen LogP contribution < -0.4 is 10.1 Å². The molecular formula is C24H23N5O2. The summed E-state index contributed by atoms with van der Waals surface area (Å²) in [4.78, 5) is 25.9. The van der Waals surface area contributed by atoms with Crippen molar-refractivity contribution in [2.45, 2.75) is 32.1 Å². The summed E-state index contributed by atoms with van der Waals surface area (Å²) in [5.41, 5.74) is 1.95. The number of nitriles is 1. The summed E-state index contributed by atoms with van der Waals surface area (Å²) >= 11 is 0. The molecule has 1 aliphatic carbocycles. The van der Waals surface area contributed by atoms with Crippen LogP contribution in [0, 0.1) is 24.2 Å². The Morgan fingerprint density at radius 3 is 2.71 bits per heavy atom. The predicted octanol–water partition coefficient (Wildman–Crippen LogP) is 3.59. The highest BCUT2D eigenvalue weighted by atomic mass is 16.5. The number of nitrogens with zero attached hydrogens (tertiary/aromatic N) is 4. The Balaban J connectivity index is 1.53. The molecule has 2 atom stereocenters. The summed E-state index contributed by atoms with van der Waals surface area (Å²) in [5.74, 6) is 1.44. The molecule has 0 spiro atoms. The van der Waals surface area contributed by atoms with E-state index in [0.29, 0.717) is 36.0 Å². The van der Waals surface area contributed by atoms with Crippen LogP contribution in [0.1, 0.15) is 36.0 Å². The van der Waals surface area contributed by atoms with Crippen molar-refractivity contribution in [2.75, 3.05) is 11.9 Å². The maximum absolute atomic E-state index is 13.0. The van der Waals surface area contributed by atoms with Crippen molar-refractivity contribution in [3.63, 3.8) is 0 Å². The summed E-state index contributed by atoms with van der Waals surface area (Å²) in [6.45, 7) is 4.24. The van der Waals surface area contributed by atoms with Crippen LogP contribution in [0.25, 0.3) is 0 Å². The van der Waals surface area contributed by atoms with Gasteiger partial charge in [-0.1, -0.05) is 37.3 Å². The van der Waals surface area contributed by atoms with E-state index in [4.69, 9.17) is 10.00 Å². The van der Waals surface area contributed by atoms with E-state index in [1.807, 2.05) is 50.2 Å². The third kappa shape index (κ3) is 4.24. The number of hydrogen-bond donors (Lipinski definition) is 1. The molecule has 156 valence electrons. The molecule has 3 aromatic rings. The van der Waals surface area contributed by atoms with E-state index in [1.54, 1.807) is 18.3 Å². The van der Waals surface area contributed by atoms with Gasteiger partial charge >= 0.3 is 0 Å². The third-order valence-electron chi connectivity index (χ3n) is 5.65. The molecule has 1 amide bonds. The van der Waals surface area contributed by atoms with Gasteiger partial charge in [0.15, 0.2) is 5.75 Å². The lowest BCUT2D eigenvalue weighted by Crippen LogP contribution is -2.27. The van der Waals surface area contributed by atoms with E-state index in [0.717, 1.165) is 17.7 Å². The van der Waals surface area contributed by atoms with Crippen molar-refractivity contribution in [1.82, 2.24) is 15.0 Å². The summed E-state index contributed by atoms with van der Waals surface area (Å²) in [5, 5.41) is 11.8. The molecule has 1 aliphatic rings. The summed E-state index contributed by atoms with van der Waals surface area (Å²) in [7, 11) is 0. The number of nitrogens with one attached hydrogen (secondary N) is 1. The van der Waals surface area contributed by atoms with Gasteiger partial charge in [-0.25, -0.2) is 15.0 Å². The van der Waals surface area contributed by atoms with Gasteiger partial charge in [-0.05, 0) is 37.5 Å². The summed E-state index contributed by atoms with van der Waals surface area (Å²) in [6.07, 6.45) is 4.57. The van der Waals surface area contributed by atoms with E-state index < -0.39 is 5.41 Å². The number of aromatic nitrogens is 3. The molecular weight excluding hydrogens is 390 g/mol. The number of pyridine rings is 1. The van der Waals surface area contributed by atoms with E-state index in [9.17, 15) is 4.79 Å². The average Bonchev–Trinajstić information content (AvgIpc) is 3.55. The fourth-order valence-corrected chi connectivity index (χ4v) is 3.81. The number of benzene rings is 1. The van der Waals surface area contributed by atoms with Crippen molar-refractivity contribution < 1.29 is 9.53 Å². The SMILES string of the molecule is CCc1nc(C)ncc1OC[C@@]1(c2ccccc2)C[C@H]1C(=O)Nc1ccc(C#N)cn1. The lowest BCUT2D eigenvalue weighted by Gasteiger charge is -2.20. The van der Waals surface area contributed by atoms with Crippen molar-refractivity contribution in [3.05, 3.63) is 77.5 Å². The average molecular weight is 413 g/mol.